The first-order chi connectivity index (χ1) is 10.8. The van der Waals surface area contributed by atoms with Gasteiger partial charge in [-0.1, -0.05) is 20.8 Å². The predicted molar refractivity (Wildman–Crippen MR) is 86.9 cm³/mol. The normalized spacial score (nSPS) is 10.8. The molecule has 0 saturated heterocycles. The summed E-state index contributed by atoms with van der Waals surface area (Å²) in [5.74, 6) is 0.0190. The van der Waals surface area contributed by atoms with E-state index in [-0.39, 0.29) is 29.4 Å². The first-order valence-corrected chi connectivity index (χ1v) is 7.97. The molecule has 0 heterocycles. The van der Waals surface area contributed by atoms with E-state index in [9.17, 15) is 19.2 Å². The summed E-state index contributed by atoms with van der Waals surface area (Å²) in [6, 6.07) is 0. The largest absolute Gasteiger partial charge is 0.469 e. The minimum absolute atomic E-state index is 0.102. The van der Waals surface area contributed by atoms with Crippen molar-refractivity contribution in [2.75, 3.05) is 14.2 Å². The molecule has 0 radical (unpaired) electrons. The SMILES string of the molecule is CCC(=O)CC(C)CC(=O)OC.CCC(=O)CCCC(=O)OC. The molecule has 134 valence electrons. The standard InChI is InChI=1S/C9H16O3.C8H14O3/c1-4-8(10)5-7(2)6-9(11)12-3;1-3-7(9)5-4-6-8(10)11-2/h7H,4-6H2,1-3H3;3-6H2,1-2H3. The second kappa shape index (κ2) is 15.2. The van der Waals surface area contributed by atoms with Gasteiger partial charge in [0.15, 0.2) is 0 Å². The molecule has 0 rings (SSSR count). The van der Waals surface area contributed by atoms with E-state index in [0.717, 1.165) is 0 Å². The summed E-state index contributed by atoms with van der Waals surface area (Å²) in [5.41, 5.74) is 0. The number of Topliss-reactive ketones (excluding diaryl/α,β-unsaturated/α-hetero) is 2. The van der Waals surface area contributed by atoms with Crippen molar-refractivity contribution in [3.63, 3.8) is 0 Å². The number of carbonyl (C=O) groups excluding carboxylic acids is 4. The zero-order valence-corrected chi connectivity index (χ0v) is 15.0. The van der Waals surface area contributed by atoms with Crippen LogP contribution in [0.1, 0.15) is 65.7 Å². The van der Waals surface area contributed by atoms with E-state index in [1.807, 2.05) is 20.8 Å². The molecule has 0 N–H and O–H groups in total. The maximum absolute atomic E-state index is 10.9. The van der Waals surface area contributed by atoms with E-state index in [1.165, 1.54) is 14.2 Å². The summed E-state index contributed by atoms with van der Waals surface area (Å²) in [4.78, 5) is 43.0. The van der Waals surface area contributed by atoms with Crippen LogP contribution in [0.4, 0.5) is 0 Å². The van der Waals surface area contributed by atoms with Crippen LogP contribution in [0.2, 0.25) is 0 Å². The van der Waals surface area contributed by atoms with Gasteiger partial charge in [0.05, 0.1) is 14.2 Å². The third-order valence-corrected chi connectivity index (χ3v) is 3.17. The highest BCUT2D eigenvalue weighted by Crippen LogP contribution is 2.09. The highest BCUT2D eigenvalue weighted by molar-refractivity contribution is 5.79. The van der Waals surface area contributed by atoms with Crippen molar-refractivity contribution in [1.29, 1.82) is 0 Å². The molecular weight excluding hydrogens is 300 g/mol. The van der Waals surface area contributed by atoms with Crippen molar-refractivity contribution in [3.05, 3.63) is 0 Å². The van der Waals surface area contributed by atoms with Gasteiger partial charge in [-0.25, -0.2) is 0 Å². The zero-order chi connectivity index (χ0) is 18.3. The summed E-state index contributed by atoms with van der Waals surface area (Å²) < 4.78 is 8.90. The second-order valence-corrected chi connectivity index (χ2v) is 5.30. The number of ketones is 2. The summed E-state index contributed by atoms with van der Waals surface area (Å²) in [5, 5.41) is 0. The van der Waals surface area contributed by atoms with Gasteiger partial charge in [-0.05, 0) is 12.3 Å². The van der Waals surface area contributed by atoms with Crippen molar-refractivity contribution in [2.45, 2.75) is 65.7 Å². The van der Waals surface area contributed by atoms with Gasteiger partial charge in [-0.15, -0.1) is 0 Å². The summed E-state index contributed by atoms with van der Waals surface area (Å²) in [6.45, 7) is 5.53. The van der Waals surface area contributed by atoms with Crippen LogP contribution < -0.4 is 0 Å². The number of ether oxygens (including phenoxy) is 2. The van der Waals surface area contributed by atoms with Crippen LogP contribution >= 0.6 is 0 Å². The van der Waals surface area contributed by atoms with Gasteiger partial charge in [0.2, 0.25) is 0 Å². The number of hydrogen-bond acceptors (Lipinski definition) is 6. The molecule has 0 amide bonds. The fourth-order valence-corrected chi connectivity index (χ4v) is 1.68. The van der Waals surface area contributed by atoms with Gasteiger partial charge in [0.25, 0.3) is 0 Å². The monoisotopic (exact) mass is 330 g/mol. The molecule has 1 atom stereocenters. The number of hydrogen-bond donors (Lipinski definition) is 0. The van der Waals surface area contributed by atoms with E-state index in [4.69, 9.17) is 0 Å². The lowest BCUT2D eigenvalue weighted by Crippen LogP contribution is -2.10. The molecule has 0 bridgehead atoms. The topological polar surface area (TPSA) is 86.7 Å². The molecule has 0 aliphatic rings. The van der Waals surface area contributed by atoms with E-state index >= 15 is 0 Å². The first kappa shape index (κ1) is 23.5. The summed E-state index contributed by atoms with van der Waals surface area (Å²) >= 11 is 0. The van der Waals surface area contributed by atoms with Crippen molar-refractivity contribution >= 4 is 23.5 Å². The molecule has 0 aromatic rings. The number of carbonyl (C=O) groups is 4. The molecule has 0 saturated carbocycles. The van der Waals surface area contributed by atoms with Crippen molar-refractivity contribution in [3.8, 4) is 0 Å². The van der Waals surface area contributed by atoms with Crippen LogP contribution in [-0.4, -0.2) is 37.7 Å². The van der Waals surface area contributed by atoms with Crippen molar-refractivity contribution in [2.24, 2.45) is 5.92 Å². The fraction of sp³-hybridized carbons (Fsp3) is 0.765. The lowest BCUT2D eigenvalue weighted by molar-refractivity contribution is -0.142. The van der Waals surface area contributed by atoms with E-state index in [0.29, 0.717) is 44.9 Å². The van der Waals surface area contributed by atoms with Crippen molar-refractivity contribution < 1.29 is 28.7 Å². The Morgan fingerprint density at radius 2 is 1.30 bits per heavy atom. The molecule has 0 aromatic carbocycles. The molecule has 0 aliphatic carbocycles. The van der Waals surface area contributed by atoms with Crippen LogP contribution in [0.5, 0.6) is 0 Å². The van der Waals surface area contributed by atoms with Crippen molar-refractivity contribution in [1.82, 2.24) is 0 Å². The van der Waals surface area contributed by atoms with E-state index < -0.39 is 0 Å². The molecule has 23 heavy (non-hydrogen) atoms. The lowest BCUT2D eigenvalue weighted by atomic mass is 10.0. The molecular formula is C17H30O6. The maximum atomic E-state index is 10.9. The van der Waals surface area contributed by atoms with Gasteiger partial charge >= 0.3 is 11.9 Å². The Hall–Kier alpha value is -1.72. The first-order valence-electron chi connectivity index (χ1n) is 7.97. The molecule has 6 heteroatoms. The molecule has 1 unspecified atom stereocenters. The Bertz CT molecular complexity index is 341. The molecule has 0 fully saturated rings. The highest BCUT2D eigenvalue weighted by atomic mass is 16.5. The fourth-order valence-electron chi connectivity index (χ4n) is 1.68. The molecule has 0 aliphatic heterocycles. The minimum Gasteiger partial charge on any atom is -0.469 e. The number of esters is 2. The second-order valence-electron chi connectivity index (χ2n) is 5.30. The maximum Gasteiger partial charge on any atom is 0.305 e. The lowest BCUT2D eigenvalue weighted by Gasteiger charge is -2.07. The molecule has 0 spiro atoms. The number of rotatable bonds is 10. The average molecular weight is 330 g/mol. The third kappa shape index (κ3) is 16.5. The Labute approximate surface area is 138 Å². The highest BCUT2D eigenvalue weighted by Gasteiger charge is 2.11. The van der Waals surface area contributed by atoms with Gasteiger partial charge in [0.1, 0.15) is 11.6 Å². The van der Waals surface area contributed by atoms with Gasteiger partial charge in [-0.3, -0.25) is 19.2 Å². The van der Waals surface area contributed by atoms with Crippen LogP contribution in [0.3, 0.4) is 0 Å². The van der Waals surface area contributed by atoms with Crippen LogP contribution in [-0.2, 0) is 28.7 Å². The van der Waals surface area contributed by atoms with Gasteiger partial charge < -0.3 is 9.47 Å². The third-order valence-electron chi connectivity index (χ3n) is 3.17. The summed E-state index contributed by atoms with van der Waals surface area (Å²) in [6.07, 6.45) is 3.37. The Balaban J connectivity index is 0. The van der Waals surface area contributed by atoms with Gasteiger partial charge in [-0.2, -0.15) is 0 Å². The quantitative estimate of drug-likeness (QED) is 0.572. The average Bonchev–Trinajstić information content (AvgIpc) is 2.54. The molecule has 0 aromatic heterocycles. The minimum atomic E-state index is -0.244. The van der Waals surface area contributed by atoms with Crippen LogP contribution in [0.15, 0.2) is 0 Å². The van der Waals surface area contributed by atoms with Crippen LogP contribution in [0.25, 0.3) is 0 Å². The predicted octanol–water partition coefficient (Wildman–Crippen LogP) is 2.86. The molecule has 6 nitrogen and oxygen atoms in total. The van der Waals surface area contributed by atoms with E-state index in [2.05, 4.69) is 9.47 Å². The number of methoxy groups -OCH3 is 2. The smallest absolute Gasteiger partial charge is 0.305 e. The Morgan fingerprint density at radius 1 is 0.783 bits per heavy atom. The zero-order valence-electron chi connectivity index (χ0n) is 15.0. The van der Waals surface area contributed by atoms with E-state index in [1.54, 1.807) is 0 Å². The Morgan fingerprint density at radius 3 is 1.74 bits per heavy atom. The van der Waals surface area contributed by atoms with Gasteiger partial charge in [0, 0.05) is 38.5 Å². The van der Waals surface area contributed by atoms with Crippen LogP contribution in [0, 0.1) is 5.92 Å². The Kier molecular flexibility index (Phi) is 15.5. The summed E-state index contributed by atoms with van der Waals surface area (Å²) in [7, 11) is 2.71.